The molecule has 106 valence electrons. The number of nitrogens with two attached hydrogens (primary N) is 1. The van der Waals surface area contributed by atoms with Gasteiger partial charge in [0.1, 0.15) is 17.2 Å². The second-order valence-electron chi connectivity index (χ2n) is 5.32. The third kappa shape index (κ3) is 2.71. The van der Waals surface area contributed by atoms with Crippen LogP contribution in [-0.4, -0.2) is 0 Å². The summed E-state index contributed by atoms with van der Waals surface area (Å²) in [6, 6.07) is 4.94. The van der Waals surface area contributed by atoms with Gasteiger partial charge in [-0.2, -0.15) is 0 Å². The second kappa shape index (κ2) is 5.45. The van der Waals surface area contributed by atoms with Crippen molar-refractivity contribution in [1.29, 1.82) is 0 Å². The van der Waals surface area contributed by atoms with E-state index >= 15 is 0 Å². The Bertz CT molecular complexity index is 700. The van der Waals surface area contributed by atoms with Gasteiger partial charge in [0.05, 0.1) is 0 Å². The van der Waals surface area contributed by atoms with E-state index in [9.17, 15) is 14.0 Å². The third-order valence-electron chi connectivity index (χ3n) is 3.16. The van der Waals surface area contributed by atoms with E-state index in [1.165, 1.54) is 6.07 Å². The van der Waals surface area contributed by atoms with Crippen molar-refractivity contribution in [2.24, 2.45) is 5.92 Å². The number of rotatable bonds is 5. The number of hydrogen-bond donors (Lipinski definition) is 2. The van der Waals surface area contributed by atoms with Gasteiger partial charge in [0.25, 0.3) is 10.9 Å². The molecule has 0 saturated carbocycles. The van der Waals surface area contributed by atoms with E-state index < -0.39 is 10.9 Å². The largest absolute Gasteiger partial charge is 0.394 e. The van der Waals surface area contributed by atoms with Crippen molar-refractivity contribution in [3.05, 3.63) is 55.6 Å². The number of anilines is 2. The molecular weight excluding hydrogens is 259 g/mol. The summed E-state index contributed by atoms with van der Waals surface area (Å²) in [5.74, 6) is 0.132. The molecule has 0 heterocycles. The van der Waals surface area contributed by atoms with E-state index in [-0.39, 0.29) is 23.7 Å². The Kier molecular flexibility index (Phi) is 3.88. The molecule has 20 heavy (non-hydrogen) atoms. The first-order valence-corrected chi connectivity index (χ1v) is 6.50. The zero-order chi connectivity index (χ0) is 14.9. The Labute approximate surface area is 116 Å². The van der Waals surface area contributed by atoms with E-state index in [0.29, 0.717) is 11.5 Å². The topological polar surface area (TPSA) is 72.2 Å². The van der Waals surface area contributed by atoms with Crippen LogP contribution in [0.15, 0.2) is 27.8 Å². The van der Waals surface area contributed by atoms with Crippen LogP contribution in [0.3, 0.4) is 0 Å². The van der Waals surface area contributed by atoms with Crippen molar-refractivity contribution in [2.75, 3.05) is 11.1 Å². The molecule has 0 aliphatic heterocycles. The molecule has 0 fully saturated rings. The normalized spacial score (nSPS) is 11.2. The van der Waals surface area contributed by atoms with E-state index in [2.05, 4.69) is 19.2 Å². The quantitative estimate of drug-likeness (QED) is 0.817. The maximum atomic E-state index is 13.7. The molecule has 3 N–H and O–H groups in total. The van der Waals surface area contributed by atoms with Gasteiger partial charge in [-0.05, 0) is 24.0 Å². The lowest BCUT2D eigenvalue weighted by atomic mass is 10.0. The Balaban J connectivity index is 2.13. The first-order valence-electron chi connectivity index (χ1n) is 6.50. The number of nitrogen functional groups attached to an aromatic ring is 1. The Hall–Kier alpha value is -2.17. The predicted octanol–water partition coefficient (Wildman–Crippen LogP) is 1.81. The van der Waals surface area contributed by atoms with Crippen molar-refractivity contribution < 1.29 is 4.39 Å². The van der Waals surface area contributed by atoms with Gasteiger partial charge in [0.15, 0.2) is 0 Å². The molecule has 0 bridgehead atoms. The minimum Gasteiger partial charge on any atom is -0.394 e. The zero-order valence-electron chi connectivity index (χ0n) is 11.5. The summed E-state index contributed by atoms with van der Waals surface area (Å²) in [5, 5.41) is 2.73. The van der Waals surface area contributed by atoms with Gasteiger partial charge in [-0.15, -0.1) is 0 Å². The van der Waals surface area contributed by atoms with Crippen LogP contribution in [0.5, 0.6) is 0 Å². The van der Waals surface area contributed by atoms with Crippen molar-refractivity contribution in [3.8, 4) is 0 Å². The molecule has 2 aromatic rings. The van der Waals surface area contributed by atoms with Crippen LogP contribution >= 0.6 is 0 Å². The lowest BCUT2D eigenvalue weighted by Gasteiger charge is -2.12. The smallest absolute Gasteiger partial charge is 0.253 e. The fraction of sp³-hybridized carbons (Fsp3) is 0.333. The molecule has 0 aliphatic rings. The number of benzene rings is 1. The van der Waals surface area contributed by atoms with Crippen molar-refractivity contribution >= 4 is 11.4 Å². The minimum atomic E-state index is -0.679. The summed E-state index contributed by atoms with van der Waals surface area (Å²) in [4.78, 5) is 22.2. The highest BCUT2D eigenvalue weighted by Gasteiger charge is 2.17. The minimum absolute atomic E-state index is 0.0752. The van der Waals surface area contributed by atoms with Gasteiger partial charge in [-0.25, -0.2) is 4.39 Å². The summed E-state index contributed by atoms with van der Waals surface area (Å²) >= 11 is 0. The molecule has 0 radical (unpaired) electrons. The molecule has 0 spiro atoms. The Morgan fingerprint density at radius 3 is 2.55 bits per heavy atom. The lowest BCUT2D eigenvalue weighted by Crippen LogP contribution is -2.37. The van der Waals surface area contributed by atoms with Gasteiger partial charge in [0.2, 0.25) is 0 Å². The summed E-state index contributed by atoms with van der Waals surface area (Å²) in [7, 11) is 0. The first-order chi connectivity index (χ1) is 9.40. The van der Waals surface area contributed by atoms with Crippen LogP contribution in [0, 0.1) is 11.7 Å². The molecule has 0 amide bonds. The van der Waals surface area contributed by atoms with E-state index in [1.807, 2.05) is 0 Å². The fourth-order valence-corrected chi connectivity index (χ4v) is 2.13. The van der Waals surface area contributed by atoms with Crippen LogP contribution in [0.1, 0.15) is 25.0 Å². The van der Waals surface area contributed by atoms with E-state index in [1.54, 1.807) is 12.1 Å². The van der Waals surface area contributed by atoms with Gasteiger partial charge in [0, 0.05) is 12.1 Å². The van der Waals surface area contributed by atoms with Crippen molar-refractivity contribution in [3.63, 3.8) is 0 Å². The van der Waals surface area contributed by atoms with E-state index in [0.717, 1.165) is 12.0 Å². The molecule has 5 heteroatoms. The maximum Gasteiger partial charge on any atom is 0.253 e. The second-order valence-corrected chi connectivity index (χ2v) is 5.32. The maximum absolute atomic E-state index is 13.7. The SMILES string of the molecule is CC(C)Cc1ccc(F)c(CNc2c(N)c(=O)c2=O)c1. The number of nitrogens with one attached hydrogen (secondary N) is 1. The molecule has 4 nitrogen and oxygen atoms in total. The van der Waals surface area contributed by atoms with Crippen molar-refractivity contribution in [1.82, 2.24) is 0 Å². The first kappa shape index (κ1) is 14.2. The average Bonchev–Trinajstić information content (AvgIpc) is 2.41. The lowest BCUT2D eigenvalue weighted by molar-refractivity contribution is 0.606. The van der Waals surface area contributed by atoms with Gasteiger partial charge < -0.3 is 11.1 Å². The van der Waals surface area contributed by atoms with Crippen LogP contribution < -0.4 is 21.9 Å². The monoisotopic (exact) mass is 276 g/mol. The van der Waals surface area contributed by atoms with Gasteiger partial charge >= 0.3 is 0 Å². The molecular formula is C15H17FN2O2. The molecule has 0 saturated heterocycles. The standard InChI is InChI=1S/C15H17FN2O2/c1-8(2)5-9-3-4-11(16)10(6-9)7-18-13-12(17)14(19)15(13)20/h3-4,6,8,18H,5,7,17H2,1-2H3. The van der Waals surface area contributed by atoms with Crippen LogP contribution in [0.2, 0.25) is 0 Å². The van der Waals surface area contributed by atoms with Gasteiger partial charge in [-0.1, -0.05) is 26.0 Å². The average molecular weight is 276 g/mol. The van der Waals surface area contributed by atoms with E-state index in [4.69, 9.17) is 5.73 Å². The van der Waals surface area contributed by atoms with Crippen molar-refractivity contribution in [2.45, 2.75) is 26.8 Å². The molecule has 0 aliphatic carbocycles. The Morgan fingerprint density at radius 2 is 1.95 bits per heavy atom. The highest BCUT2D eigenvalue weighted by atomic mass is 19.1. The van der Waals surface area contributed by atoms with Crippen LogP contribution in [0.4, 0.5) is 15.8 Å². The molecule has 0 aromatic heterocycles. The van der Waals surface area contributed by atoms with Crippen LogP contribution in [0.25, 0.3) is 0 Å². The number of hydrogen-bond acceptors (Lipinski definition) is 4. The fourth-order valence-electron chi connectivity index (χ4n) is 2.13. The molecule has 0 atom stereocenters. The predicted molar refractivity (Wildman–Crippen MR) is 78.0 cm³/mol. The summed E-state index contributed by atoms with van der Waals surface area (Å²) in [6.45, 7) is 4.31. The van der Waals surface area contributed by atoms with Crippen LogP contribution in [-0.2, 0) is 13.0 Å². The number of halogens is 1. The molecule has 0 unspecified atom stereocenters. The van der Waals surface area contributed by atoms with Gasteiger partial charge in [-0.3, -0.25) is 9.59 Å². The molecule has 2 aromatic carbocycles. The summed E-state index contributed by atoms with van der Waals surface area (Å²) < 4.78 is 13.7. The molecule has 2 rings (SSSR count). The zero-order valence-corrected chi connectivity index (χ0v) is 11.5. The summed E-state index contributed by atoms with van der Waals surface area (Å²) in [6.07, 6.45) is 0.857. The third-order valence-corrected chi connectivity index (χ3v) is 3.16. The highest BCUT2D eigenvalue weighted by Crippen LogP contribution is 2.17. The highest BCUT2D eigenvalue weighted by molar-refractivity contribution is 5.71. The summed E-state index contributed by atoms with van der Waals surface area (Å²) in [5.41, 5.74) is 5.59. The Morgan fingerprint density at radius 1 is 1.25 bits per heavy atom.